The molecule has 0 amide bonds. The second-order valence-corrected chi connectivity index (χ2v) is 3.78. The fourth-order valence-electron chi connectivity index (χ4n) is 1.28. The molecule has 4 nitrogen and oxygen atoms in total. The first-order valence-corrected chi connectivity index (χ1v) is 5.32. The molecular weight excluding hydrogens is 251 g/mol. The maximum atomic E-state index is 13.0. The molecule has 17 heavy (non-hydrogen) atoms. The summed E-state index contributed by atoms with van der Waals surface area (Å²) in [7, 11) is 0. The topological polar surface area (TPSA) is 66.8 Å². The number of carbonyl (C=O) groups excluding carboxylic acids is 1. The molecule has 0 saturated heterocycles. The summed E-state index contributed by atoms with van der Waals surface area (Å²) in [6.45, 7) is 1.64. The van der Waals surface area contributed by atoms with Crippen LogP contribution in [0.4, 0.5) is 4.39 Å². The summed E-state index contributed by atoms with van der Waals surface area (Å²) >= 11 is 5.59. The first kappa shape index (κ1) is 13.9. The van der Waals surface area contributed by atoms with E-state index in [0.29, 0.717) is 0 Å². The lowest BCUT2D eigenvalue weighted by Gasteiger charge is -2.16. The fourth-order valence-corrected chi connectivity index (χ4v) is 1.51. The predicted molar refractivity (Wildman–Crippen MR) is 59.0 cm³/mol. The lowest BCUT2D eigenvalue weighted by molar-refractivity contribution is -0.159. The quantitative estimate of drug-likeness (QED) is 0.806. The maximum Gasteiger partial charge on any atom is 0.338 e. The molecule has 2 unspecified atom stereocenters. The van der Waals surface area contributed by atoms with Crippen molar-refractivity contribution < 1.29 is 24.1 Å². The van der Waals surface area contributed by atoms with Crippen LogP contribution in [-0.4, -0.2) is 28.9 Å². The van der Waals surface area contributed by atoms with Crippen LogP contribution in [0.25, 0.3) is 0 Å². The average molecular weight is 263 g/mol. The van der Waals surface area contributed by atoms with Gasteiger partial charge in [0, 0.05) is 5.02 Å². The minimum absolute atomic E-state index is 0.00977. The normalized spacial score (nSPS) is 14.2. The minimum Gasteiger partial charge on any atom is -0.464 e. The van der Waals surface area contributed by atoms with Crippen molar-refractivity contribution in [3.63, 3.8) is 0 Å². The Labute approximate surface area is 103 Å². The van der Waals surface area contributed by atoms with E-state index in [0.717, 1.165) is 12.1 Å². The molecule has 0 bridgehead atoms. The molecule has 6 heteroatoms. The number of esters is 1. The molecule has 1 aromatic rings. The van der Waals surface area contributed by atoms with Gasteiger partial charge in [0.25, 0.3) is 0 Å². The Morgan fingerprint density at radius 1 is 1.47 bits per heavy atom. The fraction of sp³-hybridized carbons (Fsp3) is 0.364. The molecule has 2 atom stereocenters. The van der Waals surface area contributed by atoms with Crippen LogP contribution in [0.1, 0.15) is 18.6 Å². The molecular formula is C11H12ClFO4. The van der Waals surface area contributed by atoms with Crippen LogP contribution >= 0.6 is 11.6 Å². The van der Waals surface area contributed by atoms with Gasteiger partial charge in [0.05, 0.1) is 6.61 Å². The van der Waals surface area contributed by atoms with Crippen LogP contribution in [0.2, 0.25) is 5.02 Å². The van der Waals surface area contributed by atoms with Gasteiger partial charge in [-0.05, 0) is 30.7 Å². The molecule has 0 heterocycles. The average Bonchev–Trinajstić information content (AvgIpc) is 2.26. The summed E-state index contributed by atoms with van der Waals surface area (Å²) in [5.74, 6) is -1.64. The van der Waals surface area contributed by atoms with E-state index in [4.69, 9.17) is 11.6 Å². The summed E-state index contributed by atoms with van der Waals surface area (Å²) in [4.78, 5) is 11.2. The zero-order valence-corrected chi connectivity index (χ0v) is 9.82. The van der Waals surface area contributed by atoms with E-state index in [9.17, 15) is 19.4 Å². The molecule has 0 radical (unpaired) electrons. The van der Waals surface area contributed by atoms with Crippen LogP contribution in [0.5, 0.6) is 0 Å². The summed E-state index contributed by atoms with van der Waals surface area (Å²) in [5, 5.41) is 19.2. The first-order valence-electron chi connectivity index (χ1n) is 4.94. The number of halogens is 2. The molecule has 0 spiro atoms. The van der Waals surface area contributed by atoms with E-state index < -0.39 is 24.0 Å². The summed E-state index contributed by atoms with van der Waals surface area (Å²) < 4.78 is 17.5. The van der Waals surface area contributed by atoms with Crippen LogP contribution in [0, 0.1) is 5.82 Å². The predicted octanol–water partition coefficient (Wildman–Crippen LogP) is 1.44. The largest absolute Gasteiger partial charge is 0.464 e. The van der Waals surface area contributed by atoms with Gasteiger partial charge in [-0.15, -0.1) is 0 Å². The third-order valence-corrected chi connectivity index (χ3v) is 2.27. The zero-order valence-electron chi connectivity index (χ0n) is 9.06. The van der Waals surface area contributed by atoms with Crippen LogP contribution in [0.15, 0.2) is 18.2 Å². The number of ether oxygens (including phenoxy) is 1. The lowest BCUT2D eigenvalue weighted by Crippen LogP contribution is -2.29. The van der Waals surface area contributed by atoms with Crippen molar-refractivity contribution in [2.45, 2.75) is 19.1 Å². The third kappa shape index (κ3) is 3.66. The van der Waals surface area contributed by atoms with Crippen molar-refractivity contribution in [2.24, 2.45) is 0 Å². The minimum atomic E-state index is -1.77. The Balaban J connectivity index is 2.87. The van der Waals surface area contributed by atoms with Gasteiger partial charge in [0.1, 0.15) is 11.9 Å². The molecule has 0 saturated carbocycles. The zero-order chi connectivity index (χ0) is 13.0. The van der Waals surface area contributed by atoms with Crippen LogP contribution in [0.3, 0.4) is 0 Å². The second-order valence-electron chi connectivity index (χ2n) is 3.34. The molecule has 0 aliphatic carbocycles. The van der Waals surface area contributed by atoms with E-state index in [2.05, 4.69) is 4.74 Å². The molecule has 0 aliphatic heterocycles. The number of benzene rings is 1. The van der Waals surface area contributed by atoms with E-state index in [1.807, 2.05) is 0 Å². The van der Waals surface area contributed by atoms with Gasteiger partial charge in [-0.1, -0.05) is 11.6 Å². The second kappa shape index (κ2) is 5.95. The molecule has 2 N–H and O–H groups in total. The smallest absolute Gasteiger partial charge is 0.338 e. The molecule has 1 aromatic carbocycles. The van der Waals surface area contributed by atoms with Gasteiger partial charge in [0.15, 0.2) is 6.10 Å². The molecule has 0 aromatic heterocycles. The van der Waals surface area contributed by atoms with Crippen molar-refractivity contribution in [1.29, 1.82) is 0 Å². The van der Waals surface area contributed by atoms with Crippen LogP contribution < -0.4 is 0 Å². The van der Waals surface area contributed by atoms with Crippen LogP contribution in [-0.2, 0) is 9.53 Å². The highest BCUT2D eigenvalue weighted by Crippen LogP contribution is 2.22. The first-order chi connectivity index (χ1) is 7.95. The maximum absolute atomic E-state index is 13.0. The number of rotatable bonds is 4. The Bertz CT molecular complexity index is 390. The van der Waals surface area contributed by atoms with Gasteiger partial charge < -0.3 is 14.9 Å². The number of hydrogen-bond acceptors (Lipinski definition) is 4. The van der Waals surface area contributed by atoms with Gasteiger partial charge in [-0.25, -0.2) is 9.18 Å². The molecule has 94 valence electrons. The van der Waals surface area contributed by atoms with E-state index in [-0.39, 0.29) is 17.2 Å². The lowest BCUT2D eigenvalue weighted by atomic mass is 10.0. The number of hydrogen-bond donors (Lipinski definition) is 2. The van der Waals surface area contributed by atoms with Gasteiger partial charge >= 0.3 is 5.97 Å². The number of aliphatic hydroxyl groups excluding tert-OH is 2. The third-order valence-electron chi connectivity index (χ3n) is 2.05. The molecule has 1 rings (SSSR count). The Kier molecular flexibility index (Phi) is 4.86. The molecule has 0 fully saturated rings. The highest BCUT2D eigenvalue weighted by atomic mass is 35.5. The van der Waals surface area contributed by atoms with Gasteiger partial charge in [0.2, 0.25) is 0 Å². The Hall–Kier alpha value is -1.17. The highest BCUT2D eigenvalue weighted by Gasteiger charge is 2.27. The standard InChI is InChI=1S/C11H12ClFO4/c1-2-17-11(16)10(15)9(14)6-3-7(12)5-8(13)4-6/h3-5,9-10,14-15H,2H2,1H3. The summed E-state index contributed by atoms with van der Waals surface area (Å²) in [6, 6.07) is 3.30. The Morgan fingerprint density at radius 2 is 2.12 bits per heavy atom. The van der Waals surface area contributed by atoms with Gasteiger partial charge in [-0.3, -0.25) is 0 Å². The summed E-state index contributed by atoms with van der Waals surface area (Å²) in [5.41, 5.74) is 0.00977. The Morgan fingerprint density at radius 3 is 2.65 bits per heavy atom. The van der Waals surface area contributed by atoms with E-state index >= 15 is 0 Å². The van der Waals surface area contributed by atoms with Crippen molar-refractivity contribution in [2.75, 3.05) is 6.61 Å². The highest BCUT2D eigenvalue weighted by molar-refractivity contribution is 6.30. The van der Waals surface area contributed by atoms with E-state index in [1.165, 1.54) is 6.07 Å². The number of carbonyl (C=O) groups is 1. The van der Waals surface area contributed by atoms with Crippen molar-refractivity contribution >= 4 is 17.6 Å². The van der Waals surface area contributed by atoms with Crippen molar-refractivity contribution in [3.05, 3.63) is 34.6 Å². The van der Waals surface area contributed by atoms with Crippen molar-refractivity contribution in [1.82, 2.24) is 0 Å². The number of aliphatic hydroxyl groups is 2. The van der Waals surface area contributed by atoms with E-state index in [1.54, 1.807) is 6.92 Å². The monoisotopic (exact) mass is 262 g/mol. The SMILES string of the molecule is CCOC(=O)C(O)C(O)c1cc(F)cc(Cl)c1. The van der Waals surface area contributed by atoms with Gasteiger partial charge in [-0.2, -0.15) is 0 Å². The van der Waals surface area contributed by atoms with Crippen molar-refractivity contribution in [3.8, 4) is 0 Å². The summed E-state index contributed by atoms with van der Waals surface area (Å²) in [6.07, 6.45) is -3.35. The molecule has 0 aliphatic rings.